The summed E-state index contributed by atoms with van der Waals surface area (Å²) in [5.41, 5.74) is 0. The van der Waals surface area contributed by atoms with Gasteiger partial charge < -0.3 is 27.5 Å². The lowest BCUT2D eigenvalue weighted by molar-refractivity contribution is 0.0629. The van der Waals surface area contributed by atoms with Gasteiger partial charge in [-0.05, 0) is 171 Å². The van der Waals surface area contributed by atoms with Crippen molar-refractivity contribution in [2.24, 2.45) is 23.7 Å². The van der Waals surface area contributed by atoms with E-state index in [1.165, 1.54) is 161 Å². The molecule has 65 heavy (non-hydrogen) atoms. The largest absolute Gasteiger partial charge is 0.394 e. The van der Waals surface area contributed by atoms with Gasteiger partial charge in [0.15, 0.2) is 0 Å². The molecule has 1 aliphatic carbocycles. The first-order chi connectivity index (χ1) is 31.9. The number of unbranched alkanes of at least 4 members (excludes halogenated alkanes) is 17. The number of allylic oxidation sites excluding steroid dienone is 8. The molecule has 378 valence electrons. The molecule has 8 heteroatoms. The molecule has 2 aliphatic heterocycles. The van der Waals surface area contributed by atoms with E-state index in [1.54, 1.807) is 0 Å². The Bertz CT molecular complexity index is 1200. The maximum absolute atomic E-state index is 6.68. The van der Waals surface area contributed by atoms with E-state index in [0.29, 0.717) is 0 Å². The molecular formula is C57H108N2O4Si2. The van der Waals surface area contributed by atoms with Crippen molar-refractivity contribution >= 4 is 17.1 Å². The molecule has 0 amide bonds. The number of fused-ring (bicyclic) bond motifs is 4. The molecule has 1 saturated carbocycles. The van der Waals surface area contributed by atoms with Crippen LogP contribution in [0.2, 0.25) is 25.2 Å². The first-order valence-corrected chi connectivity index (χ1v) is 33.5. The maximum Gasteiger partial charge on any atom is 0.334 e. The van der Waals surface area contributed by atoms with Gasteiger partial charge in [-0.2, -0.15) is 0 Å². The molecular weight excluding hydrogens is 833 g/mol. The number of nitrogens with zero attached hydrogens (tertiary/aromatic N) is 2. The summed E-state index contributed by atoms with van der Waals surface area (Å²) in [6.45, 7) is 25.0. The Morgan fingerprint density at radius 2 is 0.600 bits per heavy atom. The van der Waals surface area contributed by atoms with Crippen LogP contribution in [0.15, 0.2) is 48.6 Å². The molecule has 0 aromatic carbocycles. The Balaban J connectivity index is 1.34. The standard InChI is InChI=1S/C57H108N2O4Si2/c1-7-11-15-19-23-27-31-37-45-61-64(5,60-44-36-30-26-22-18-14-10-4)48-40-34-42-58-50-54-55(51-58)57-53-59(52-56(54)57)43-35-41-49-65(6,62-46-38-32-28-24-20-16-12-8-2)63-47-39-33-29-25-21-17-13-9-3/h22-29,54-57H,7-21,30-53H2,1-6H3/b26-22-,27-23-,28-24-,29-25-/t54-,55+,56+,57?,64?/m1/s1. The van der Waals surface area contributed by atoms with Crippen molar-refractivity contribution in [3.8, 4) is 0 Å². The van der Waals surface area contributed by atoms with Gasteiger partial charge in [-0.15, -0.1) is 0 Å². The van der Waals surface area contributed by atoms with E-state index in [0.717, 1.165) is 114 Å². The molecule has 0 radical (unpaired) electrons. The van der Waals surface area contributed by atoms with Gasteiger partial charge in [-0.25, -0.2) is 0 Å². The molecule has 0 spiro atoms. The van der Waals surface area contributed by atoms with Crippen molar-refractivity contribution < 1.29 is 17.7 Å². The van der Waals surface area contributed by atoms with E-state index in [4.69, 9.17) is 17.7 Å². The van der Waals surface area contributed by atoms with Crippen molar-refractivity contribution in [3.05, 3.63) is 48.6 Å². The topological polar surface area (TPSA) is 43.4 Å². The summed E-state index contributed by atoms with van der Waals surface area (Å²) in [5.74, 6) is 3.73. The van der Waals surface area contributed by atoms with Crippen LogP contribution >= 0.6 is 0 Å². The predicted octanol–water partition coefficient (Wildman–Crippen LogP) is 16.1. The normalized spacial score (nSPS) is 21.4. The highest BCUT2D eigenvalue weighted by molar-refractivity contribution is 6.66. The van der Waals surface area contributed by atoms with Crippen LogP contribution in [-0.2, 0) is 17.7 Å². The van der Waals surface area contributed by atoms with Gasteiger partial charge >= 0.3 is 17.1 Å². The molecule has 0 aromatic heterocycles. The molecule has 3 rings (SSSR count). The highest BCUT2D eigenvalue weighted by atomic mass is 28.4. The van der Waals surface area contributed by atoms with Gasteiger partial charge in [0.05, 0.1) is 0 Å². The lowest BCUT2D eigenvalue weighted by Crippen LogP contribution is -2.44. The zero-order chi connectivity index (χ0) is 46.5. The molecule has 0 bridgehead atoms. The lowest BCUT2D eigenvalue weighted by Gasteiger charge is -2.43. The second-order valence-corrected chi connectivity index (χ2v) is 27.5. The Morgan fingerprint density at radius 1 is 0.338 bits per heavy atom. The highest BCUT2D eigenvalue weighted by Crippen LogP contribution is 2.54. The summed E-state index contributed by atoms with van der Waals surface area (Å²) in [4.78, 5) is 5.66. The fourth-order valence-corrected chi connectivity index (χ4v) is 15.4. The minimum atomic E-state index is -2.18. The molecule has 2 unspecified atom stereocenters. The van der Waals surface area contributed by atoms with Crippen molar-refractivity contribution in [1.29, 1.82) is 0 Å². The fourth-order valence-electron chi connectivity index (χ4n) is 10.6. The third kappa shape index (κ3) is 26.6. The Kier molecular flexibility index (Phi) is 34.2. The van der Waals surface area contributed by atoms with E-state index < -0.39 is 17.1 Å². The summed E-state index contributed by atoms with van der Waals surface area (Å²) < 4.78 is 26.7. The van der Waals surface area contributed by atoms with Gasteiger partial charge in [-0.1, -0.05) is 141 Å². The van der Waals surface area contributed by atoms with Crippen molar-refractivity contribution in [1.82, 2.24) is 9.80 Å². The van der Waals surface area contributed by atoms with Crippen LogP contribution in [0, 0.1) is 23.7 Å². The summed E-state index contributed by atoms with van der Waals surface area (Å²) in [5, 5.41) is 0. The molecule has 3 aliphatic rings. The Labute approximate surface area is 407 Å². The second-order valence-electron chi connectivity index (χ2n) is 20.8. The first-order valence-electron chi connectivity index (χ1n) is 28.5. The van der Waals surface area contributed by atoms with Gasteiger partial charge in [0.2, 0.25) is 0 Å². The fraction of sp³-hybridized carbons (Fsp3) is 0.860. The molecule has 3 fully saturated rings. The van der Waals surface area contributed by atoms with Crippen LogP contribution in [0.25, 0.3) is 0 Å². The zero-order valence-electron chi connectivity index (χ0n) is 44.0. The van der Waals surface area contributed by atoms with Gasteiger partial charge in [0.1, 0.15) is 0 Å². The number of rotatable bonds is 45. The average molecular weight is 942 g/mol. The lowest BCUT2D eigenvalue weighted by atomic mass is 9.60. The first kappa shape index (κ1) is 58.5. The maximum atomic E-state index is 6.68. The molecule has 6 nitrogen and oxygen atoms in total. The summed E-state index contributed by atoms with van der Waals surface area (Å²) in [7, 11) is -4.36. The Morgan fingerprint density at radius 3 is 0.877 bits per heavy atom. The number of likely N-dealkylation sites (tertiary alicyclic amines) is 2. The number of hydrogen-bond donors (Lipinski definition) is 0. The van der Waals surface area contributed by atoms with E-state index in [-0.39, 0.29) is 0 Å². The van der Waals surface area contributed by atoms with Crippen LogP contribution in [-0.4, -0.2) is 92.6 Å². The SMILES string of the molecule is CCCC/C=C\CCCO[Si](C)(CCCCN1C[C@H]2[C@@H]3CN(CCCC[Si](C)(OCCC/C=C\CCCCC)OCCC/C=C\CCCCC)CC3[C@H]2C1)OCCC/C=C\CCCCC. The molecule has 5 atom stereocenters. The van der Waals surface area contributed by atoms with E-state index in [2.05, 4.69) is 99.2 Å². The van der Waals surface area contributed by atoms with Crippen LogP contribution in [0.1, 0.15) is 201 Å². The van der Waals surface area contributed by atoms with E-state index in [9.17, 15) is 0 Å². The van der Waals surface area contributed by atoms with Crippen molar-refractivity contribution in [3.63, 3.8) is 0 Å². The average Bonchev–Trinajstić information content (AvgIpc) is 3.87. The van der Waals surface area contributed by atoms with Gasteiger partial charge in [0, 0.05) is 52.6 Å². The van der Waals surface area contributed by atoms with Crippen molar-refractivity contribution in [2.75, 3.05) is 65.7 Å². The zero-order valence-corrected chi connectivity index (χ0v) is 46.0. The summed E-state index contributed by atoms with van der Waals surface area (Å²) in [6, 6.07) is 2.25. The van der Waals surface area contributed by atoms with Crippen LogP contribution < -0.4 is 0 Å². The number of hydrogen-bond acceptors (Lipinski definition) is 6. The molecule has 2 heterocycles. The third-order valence-electron chi connectivity index (χ3n) is 14.8. The minimum Gasteiger partial charge on any atom is -0.394 e. The predicted molar refractivity (Wildman–Crippen MR) is 287 cm³/mol. The summed E-state index contributed by atoms with van der Waals surface area (Å²) >= 11 is 0. The second kappa shape index (κ2) is 38.0. The van der Waals surface area contributed by atoms with Crippen molar-refractivity contribution in [2.45, 2.75) is 226 Å². The van der Waals surface area contributed by atoms with Crippen LogP contribution in [0.4, 0.5) is 0 Å². The monoisotopic (exact) mass is 941 g/mol. The quantitative estimate of drug-likeness (QED) is 0.0344. The summed E-state index contributed by atoms with van der Waals surface area (Å²) in [6.07, 6.45) is 52.2. The van der Waals surface area contributed by atoms with E-state index in [1.807, 2.05) is 0 Å². The minimum absolute atomic E-state index is 0.840. The van der Waals surface area contributed by atoms with E-state index >= 15 is 0 Å². The molecule has 2 saturated heterocycles. The smallest absolute Gasteiger partial charge is 0.334 e. The van der Waals surface area contributed by atoms with Gasteiger partial charge in [0.25, 0.3) is 0 Å². The highest BCUT2D eigenvalue weighted by Gasteiger charge is 2.57. The van der Waals surface area contributed by atoms with Crippen LogP contribution in [0.5, 0.6) is 0 Å². The molecule has 0 N–H and O–H groups in total. The molecule has 0 aromatic rings. The third-order valence-corrected chi connectivity index (χ3v) is 20.6. The van der Waals surface area contributed by atoms with Gasteiger partial charge in [-0.3, -0.25) is 0 Å². The Hall–Kier alpha value is -0.846. The van der Waals surface area contributed by atoms with Crippen LogP contribution in [0.3, 0.4) is 0 Å².